The van der Waals surface area contributed by atoms with Gasteiger partial charge in [-0.25, -0.2) is 4.98 Å². The summed E-state index contributed by atoms with van der Waals surface area (Å²) in [7, 11) is 2.06. The van der Waals surface area contributed by atoms with E-state index in [9.17, 15) is 0 Å². The zero-order chi connectivity index (χ0) is 14.4. The first-order valence-corrected chi connectivity index (χ1v) is 7.15. The molecule has 1 aliphatic heterocycles. The zero-order valence-electron chi connectivity index (χ0n) is 11.9. The molecular weight excluding hydrogens is 262 g/mol. The molecule has 0 aliphatic carbocycles. The van der Waals surface area contributed by atoms with E-state index in [-0.39, 0.29) is 5.92 Å². The van der Waals surface area contributed by atoms with Crippen molar-refractivity contribution in [1.29, 1.82) is 0 Å². The van der Waals surface area contributed by atoms with Crippen molar-refractivity contribution in [3.05, 3.63) is 59.4 Å². The van der Waals surface area contributed by atoms with Gasteiger partial charge in [0, 0.05) is 19.2 Å². The van der Waals surface area contributed by atoms with Gasteiger partial charge in [0.1, 0.15) is 18.2 Å². The van der Waals surface area contributed by atoms with Gasteiger partial charge in [-0.05, 0) is 23.8 Å². The predicted molar refractivity (Wildman–Crippen MR) is 82.4 cm³/mol. The molecule has 0 saturated carbocycles. The van der Waals surface area contributed by atoms with Gasteiger partial charge in [0.2, 0.25) is 0 Å². The van der Waals surface area contributed by atoms with Crippen molar-refractivity contribution in [3.63, 3.8) is 0 Å². The van der Waals surface area contributed by atoms with Gasteiger partial charge in [-0.3, -0.25) is 0 Å². The van der Waals surface area contributed by atoms with Crippen molar-refractivity contribution in [3.8, 4) is 5.75 Å². The van der Waals surface area contributed by atoms with Gasteiger partial charge in [-0.15, -0.1) is 0 Å². The molecule has 0 radical (unpaired) electrons. The van der Waals surface area contributed by atoms with E-state index >= 15 is 0 Å². The first-order valence-electron chi connectivity index (χ1n) is 7.15. The Balaban J connectivity index is 1.86. The summed E-state index contributed by atoms with van der Waals surface area (Å²) in [5, 5.41) is 0. The quantitative estimate of drug-likeness (QED) is 0.784. The van der Waals surface area contributed by atoms with Crippen LogP contribution < -0.4 is 10.5 Å². The Morgan fingerprint density at radius 1 is 1.29 bits per heavy atom. The Morgan fingerprint density at radius 3 is 3.00 bits per heavy atom. The number of aromatic nitrogens is 2. The van der Waals surface area contributed by atoms with Crippen molar-refractivity contribution in [2.45, 2.75) is 12.5 Å². The number of ether oxygens (including phenoxy) is 1. The number of fused-ring (bicyclic) bond motifs is 2. The average Bonchev–Trinajstić information content (AvgIpc) is 3.08. The van der Waals surface area contributed by atoms with Crippen LogP contribution in [0, 0.1) is 0 Å². The Kier molecular flexibility index (Phi) is 2.72. The number of hydrogen-bond acceptors (Lipinski definition) is 3. The zero-order valence-corrected chi connectivity index (χ0v) is 11.9. The molecule has 1 aromatic heterocycles. The number of nitrogens with two attached hydrogens (primary N) is 1. The van der Waals surface area contributed by atoms with Crippen molar-refractivity contribution < 1.29 is 4.74 Å². The van der Waals surface area contributed by atoms with Crippen LogP contribution in [0.25, 0.3) is 11.0 Å². The Hall–Kier alpha value is -2.33. The average molecular weight is 279 g/mol. The van der Waals surface area contributed by atoms with Gasteiger partial charge >= 0.3 is 0 Å². The summed E-state index contributed by atoms with van der Waals surface area (Å²) >= 11 is 0. The molecule has 0 bridgehead atoms. The summed E-state index contributed by atoms with van der Waals surface area (Å²) in [4.78, 5) is 4.83. The molecule has 0 amide bonds. The van der Waals surface area contributed by atoms with Crippen LogP contribution in [-0.2, 0) is 13.6 Å². The standard InChI is InChI=1S/C17H17N3O/c1-20-15-7-6-11(9-18)8-14(15)19-17(20)13-10-21-16-5-3-2-4-12(13)16/h2-8,13H,9-10,18H2,1H3. The molecule has 106 valence electrons. The van der Waals surface area contributed by atoms with Gasteiger partial charge in [-0.1, -0.05) is 24.3 Å². The number of para-hydroxylation sites is 1. The first-order chi connectivity index (χ1) is 10.3. The maximum Gasteiger partial charge on any atom is 0.123 e. The highest BCUT2D eigenvalue weighted by Gasteiger charge is 2.29. The van der Waals surface area contributed by atoms with Crippen molar-refractivity contribution in [2.75, 3.05) is 6.61 Å². The summed E-state index contributed by atoms with van der Waals surface area (Å²) in [6, 6.07) is 14.4. The van der Waals surface area contributed by atoms with E-state index in [0.29, 0.717) is 13.2 Å². The highest BCUT2D eigenvalue weighted by atomic mass is 16.5. The minimum Gasteiger partial charge on any atom is -0.492 e. The molecule has 21 heavy (non-hydrogen) atoms. The lowest BCUT2D eigenvalue weighted by Gasteiger charge is -2.08. The number of hydrogen-bond donors (Lipinski definition) is 1. The smallest absolute Gasteiger partial charge is 0.123 e. The lowest BCUT2D eigenvalue weighted by atomic mass is 10.0. The van der Waals surface area contributed by atoms with Crippen molar-refractivity contribution in [1.82, 2.24) is 9.55 Å². The Labute approximate surface area is 123 Å². The van der Waals surface area contributed by atoms with Crippen LogP contribution in [0.4, 0.5) is 0 Å². The molecule has 4 heteroatoms. The second-order valence-corrected chi connectivity index (χ2v) is 5.46. The Bertz CT molecular complexity index is 822. The van der Waals surface area contributed by atoms with E-state index in [1.807, 2.05) is 12.1 Å². The fourth-order valence-corrected chi connectivity index (χ4v) is 3.08. The number of aryl methyl sites for hydroxylation is 1. The molecule has 0 saturated heterocycles. The van der Waals surface area contributed by atoms with E-state index in [4.69, 9.17) is 15.5 Å². The van der Waals surface area contributed by atoms with Gasteiger partial charge in [-0.2, -0.15) is 0 Å². The van der Waals surface area contributed by atoms with Crippen LogP contribution >= 0.6 is 0 Å². The van der Waals surface area contributed by atoms with E-state index in [0.717, 1.165) is 28.2 Å². The molecule has 0 spiro atoms. The molecule has 1 atom stereocenters. The van der Waals surface area contributed by atoms with Crippen molar-refractivity contribution >= 4 is 11.0 Å². The molecule has 2 N–H and O–H groups in total. The molecule has 1 aliphatic rings. The maximum atomic E-state index is 5.79. The number of benzene rings is 2. The molecule has 0 fully saturated rings. The van der Waals surface area contributed by atoms with Crippen molar-refractivity contribution in [2.24, 2.45) is 12.8 Å². The molecule has 2 aromatic carbocycles. The minimum atomic E-state index is 0.194. The largest absolute Gasteiger partial charge is 0.492 e. The van der Waals surface area contributed by atoms with Crippen LogP contribution in [0.5, 0.6) is 5.75 Å². The van der Waals surface area contributed by atoms with Gasteiger partial charge in [0.25, 0.3) is 0 Å². The third-order valence-corrected chi connectivity index (χ3v) is 4.23. The SMILES string of the molecule is Cn1c(C2COc3ccccc32)nc2cc(CN)ccc21. The van der Waals surface area contributed by atoms with E-state index < -0.39 is 0 Å². The van der Waals surface area contributed by atoms with Gasteiger partial charge in [0.15, 0.2) is 0 Å². The highest BCUT2D eigenvalue weighted by Crippen LogP contribution is 2.38. The second kappa shape index (κ2) is 4.60. The van der Waals surface area contributed by atoms with Gasteiger partial charge < -0.3 is 15.0 Å². The van der Waals surface area contributed by atoms with Gasteiger partial charge in [0.05, 0.1) is 17.0 Å². The normalized spacial score (nSPS) is 17.0. The third-order valence-electron chi connectivity index (χ3n) is 4.23. The first kappa shape index (κ1) is 12.4. The van der Waals surface area contributed by atoms with Crippen LogP contribution in [-0.4, -0.2) is 16.2 Å². The number of nitrogens with zero attached hydrogens (tertiary/aromatic N) is 2. The molecule has 4 rings (SSSR count). The maximum absolute atomic E-state index is 5.79. The molecular formula is C17H17N3O. The van der Waals surface area contributed by atoms with Crippen LogP contribution in [0.2, 0.25) is 0 Å². The van der Waals surface area contributed by atoms with E-state index in [1.165, 1.54) is 5.56 Å². The summed E-state index contributed by atoms with van der Waals surface area (Å²) in [6.07, 6.45) is 0. The number of rotatable bonds is 2. The molecule has 1 unspecified atom stereocenters. The van der Waals surface area contributed by atoms with E-state index in [1.54, 1.807) is 0 Å². The molecule has 4 nitrogen and oxygen atoms in total. The second-order valence-electron chi connectivity index (χ2n) is 5.46. The Morgan fingerprint density at radius 2 is 2.14 bits per heavy atom. The fraction of sp³-hybridized carbons (Fsp3) is 0.235. The lowest BCUT2D eigenvalue weighted by Crippen LogP contribution is -2.09. The molecule has 2 heterocycles. The summed E-state index contributed by atoms with van der Waals surface area (Å²) in [6.45, 7) is 1.19. The van der Waals surface area contributed by atoms with Crippen LogP contribution in [0.1, 0.15) is 22.9 Å². The third kappa shape index (κ3) is 1.83. The summed E-state index contributed by atoms with van der Waals surface area (Å²) in [5.41, 5.74) is 10.2. The summed E-state index contributed by atoms with van der Waals surface area (Å²) in [5.74, 6) is 2.21. The fourth-order valence-electron chi connectivity index (χ4n) is 3.08. The number of imidazole rings is 1. The van der Waals surface area contributed by atoms with Crippen LogP contribution in [0.3, 0.4) is 0 Å². The summed E-state index contributed by atoms with van der Waals surface area (Å²) < 4.78 is 7.95. The van der Waals surface area contributed by atoms with Crippen LogP contribution in [0.15, 0.2) is 42.5 Å². The predicted octanol–water partition coefficient (Wildman–Crippen LogP) is 2.56. The lowest BCUT2D eigenvalue weighted by molar-refractivity contribution is 0.338. The topological polar surface area (TPSA) is 53.1 Å². The molecule has 3 aromatic rings. The highest BCUT2D eigenvalue weighted by molar-refractivity contribution is 5.77. The van der Waals surface area contributed by atoms with E-state index in [2.05, 4.69) is 41.9 Å². The minimum absolute atomic E-state index is 0.194. The monoisotopic (exact) mass is 279 g/mol.